The predicted molar refractivity (Wildman–Crippen MR) is 111 cm³/mol. The number of anilines is 2. The lowest BCUT2D eigenvalue weighted by Gasteiger charge is -2.15. The summed E-state index contributed by atoms with van der Waals surface area (Å²) in [5.41, 5.74) is 1.54. The van der Waals surface area contributed by atoms with Crippen molar-refractivity contribution < 1.29 is 19.5 Å². The van der Waals surface area contributed by atoms with Crippen molar-refractivity contribution in [2.24, 2.45) is 0 Å². The molecular formula is C22H21N3O4. The van der Waals surface area contributed by atoms with Crippen LogP contribution in [-0.2, 0) is 14.4 Å². The summed E-state index contributed by atoms with van der Waals surface area (Å²) in [5, 5.41) is 19.8. The van der Waals surface area contributed by atoms with E-state index in [0.717, 1.165) is 10.8 Å². The lowest BCUT2D eigenvalue weighted by Crippen LogP contribution is -2.37. The van der Waals surface area contributed by atoms with Crippen LogP contribution in [0.1, 0.15) is 18.6 Å². The second-order valence-corrected chi connectivity index (χ2v) is 6.51. The molecule has 0 aromatic heterocycles. The Bertz CT molecular complexity index is 1060. The molecule has 0 aliphatic carbocycles. The number of carbonyl (C=O) groups is 3. The Balaban J connectivity index is 1.60. The molecule has 7 heteroatoms. The molecule has 0 radical (unpaired) electrons. The number of amides is 3. The first-order valence-corrected chi connectivity index (χ1v) is 9.06. The summed E-state index contributed by atoms with van der Waals surface area (Å²) in [6.45, 7) is 1.27. The largest absolute Gasteiger partial charge is 0.387 e. The van der Waals surface area contributed by atoms with Gasteiger partial charge in [0.25, 0.3) is 0 Å². The summed E-state index contributed by atoms with van der Waals surface area (Å²) in [4.78, 5) is 35.3. The first-order chi connectivity index (χ1) is 13.9. The quantitative estimate of drug-likeness (QED) is 0.502. The van der Waals surface area contributed by atoms with E-state index in [4.69, 9.17) is 0 Å². The number of nitrogens with one attached hydrogen (secondary N) is 3. The van der Waals surface area contributed by atoms with Crippen molar-refractivity contribution in [3.8, 4) is 0 Å². The fourth-order valence-corrected chi connectivity index (χ4v) is 2.99. The summed E-state index contributed by atoms with van der Waals surface area (Å²) < 4.78 is 0. The van der Waals surface area contributed by atoms with Gasteiger partial charge in [0.2, 0.25) is 5.91 Å². The van der Waals surface area contributed by atoms with Crippen LogP contribution in [0.25, 0.3) is 10.8 Å². The lowest BCUT2D eigenvalue weighted by molar-refractivity contribution is -0.136. The van der Waals surface area contributed by atoms with Gasteiger partial charge in [0.05, 0.1) is 6.10 Å². The van der Waals surface area contributed by atoms with E-state index in [-0.39, 0.29) is 12.5 Å². The Hall–Kier alpha value is -3.71. The number of fused-ring (bicyclic) bond motifs is 1. The van der Waals surface area contributed by atoms with Crippen LogP contribution in [0.5, 0.6) is 0 Å². The van der Waals surface area contributed by atoms with E-state index in [2.05, 4.69) is 16.0 Å². The molecule has 0 spiro atoms. The molecule has 1 unspecified atom stereocenters. The summed E-state index contributed by atoms with van der Waals surface area (Å²) >= 11 is 0. The molecule has 4 N–H and O–H groups in total. The Morgan fingerprint density at radius 2 is 1.52 bits per heavy atom. The highest BCUT2D eigenvalue weighted by atomic mass is 16.3. The predicted octanol–water partition coefficient (Wildman–Crippen LogP) is 2.59. The van der Waals surface area contributed by atoms with Gasteiger partial charge >= 0.3 is 11.8 Å². The second kappa shape index (κ2) is 8.99. The van der Waals surface area contributed by atoms with Gasteiger partial charge in [-0.05, 0) is 34.5 Å². The Labute approximate surface area is 167 Å². The fraction of sp³-hybridized carbons (Fsp3) is 0.136. The molecule has 3 amide bonds. The highest BCUT2D eigenvalue weighted by Gasteiger charge is 2.17. The van der Waals surface area contributed by atoms with Crippen LogP contribution in [0.4, 0.5) is 11.4 Å². The molecular weight excluding hydrogens is 370 g/mol. The normalized spacial score (nSPS) is 11.5. The van der Waals surface area contributed by atoms with Gasteiger partial charge < -0.3 is 21.1 Å². The summed E-state index contributed by atoms with van der Waals surface area (Å²) in [5.74, 6) is -1.97. The van der Waals surface area contributed by atoms with Crippen molar-refractivity contribution in [3.05, 3.63) is 72.3 Å². The number of carbonyl (C=O) groups excluding carboxylic acids is 3. The van der Waals surface area contributed by atoms with Crippen molar-refractivity contribution in [1.82, 2.24) is 5.32 Å². The molecule has 29 heavy (non-hydrogen) atoms. The minimum Gasteiger partial charge on any atom is -0.387 e. The third-order valence-electron chi connectivity index (χ3n) is 4.29. The monoisotopic (exact) mass is 391 g/mol. The van der Waals surface area contributed by atoms with Gasteiger partial charge in [-0.15, -0.1) is 0 Å². The standard InChI is InChI=1S/C22H21N3O4/c1-14(26)24-16-8-5-9-17(12-16)25-22(29)21(28)23-13-20(27)19-11-4-7-15-6-2-3-10-18(15)19/h2-12,20,27H,13H2,1H3,(H,23,28)(H,24,26)(H,25,29). The van der Waals surface area contributed by atoms with Crippen molar-refractivity contribution in [2.45, 2.75) is 13.0 Å². The van der Waals surface area contributed by atoms with E-state index in [1.807, 2.05) is 36.4 Å². The maximum absolute atomic E-state index is 12.1. The molecule has 0 fully saturated rings. The van der Waals surface area contributed by atoms with Gasteiger partial charge in [-0.1, -0.05) is 48.5 Å². The van der Waals surface area contributed by atoms with Crippen molar-refractivity contribution in [3.63, 3.8) is 0 Å². The van der Waals surface area contributed by atoms with Gasteiger partial charge in [0.1, 0.15) is 0 Å². The van der Waals surface area contributed by atoms with Gasteiger partial charge in [0.15, 0.2) is 0 Å². The number of benzene rings is 3. The fourth-order valence-electron chi connectivity index (χ4n) is 2.99. The smallest absolute Gasteiger partial charge is 0.313 e. The lowest BCUT2D eigenvalue weighted by atomic mass is 10.0. The first-order valence-electron chi connectivity index (χ1n) is 9.06. The van der Waals surface area contributed by atoms with Crippen LogP contribution in [0.3, 0.4) is 0 Å². The Morgan fingerprint density at radius 3 is 2.28 bits per heavy atom. The molecule has 148 valence electrons. The molecule has 3 rings (SSSR count). The topological polar surface area (TPSA) is 108 Å². The SMILES string of the molecule is CC(=O)Nc1cccc(NC(=O)C(=O)NCC(O)c2cccc3ccccc23)c1. The summed E-state index contributed by atoms with van der Waals surface area (Å²) in [6, 6.07) is 19.6. The molecule has 1 atom stereocenters. The number of aliphatic hydroxyl groups excluding tert-OH is 1. The van der Waals surface area contributed by atoms with E-state index in [1.165, 1.54) is 13.0 Å². The van der Waals surface area contributed by atoms with Crippen molar-refractivity contribution in [2.75, 3.05) is 17.2 Å². The van der Waals surface area contributed by atoms with E-state index < -0.39 is 17.9 Å². The third kappa shape index (κ3) is 5.18. The zero-order chi connectivity index (χ0) is 20.8. The van der Waals surface area contributed by atoms with E-state index in [0.29, 0.717) is 16.9 Å². The van der Waals surface area contributed by atoms with Crippen LogP contribution in [0.2, 0.25) is 0 Å². The van der Waals surface area contributed by atoms with Crippen molar-refractivity contribution >= 4 is 39.9 Å². The maximum Gasteiger partial charge on any atom is 0.313 e. The Kier molecular flexibility index (Phi) is 6.21. The molecule has 0 aliphatic heterocycles. The number of hydrogen-bond acceptors (Lipinski definition) is 4. The van der Waals surface area contributed by atoms with E-state index >= 15 is 0 Å². The van der Waals surface area contributed by atoms with E-state index in [9.17, 15) is 19.5 Å². The Morgan fingerprint density at radius 1 is 0.862 bits per heavy atom. The summed E-state index contributed by atoms with van der Waals surface area (Å²) in [7, 11) is 0. The summed E-state index contributed by atoms with van der Waals surface area (Å²) in [6.07, 6.45) is -0.957. The van der Waals surface area contributed by atoms with Gasteiger partial charge in [-0.3, -0.25) is 14.4 Å². The number of aliphatic hydroxyl groups is 1. The number of rotatable bonds is 5. The van der Waals surface area contributed by atoms with Crippen LogP contribution >= 0.6 is 0 Å². The second-order valence-electron chi connectivity index (χ2n) is 6.51. The molecule has 0 aliphatic rings. The van der Waals surface area contributed by atoms with Gasteiger partial charge in [-0.2, -0.15) is 0 Å². The molecule has 0 bridgehead atoms. The van der Waals surface area contributed by atoms with Crippen molar-refractivity contribution in [1.29, 1.82) is 0 Å². The molecule has 7 nitrogen and oxygen atoms in total. The molecule has 0 heterocycles. The molecule has 3 aromatic rings. The zero-order valence-electron chi connectivity index (χ0n) is 15.8. The molecule has 0 saturated heterocycles. The zero-order valence-corrected chi connectivity index (χ0v) is 15.8. The van der Waals surface area contributed by atoms with Gasteiger partial charge in [0, 0.05) is 24.8 Å². The minimum atomic E-state index is -0.957. The first kappa shape index (κ1) is 20.0. The number of hydrogen-bond donors (Lipinski definition) is 4. The highest BCUT2D eigenvalue weighted by molar-refractivity contribution is 6.39. The minimum absolute atomic E-state index is 0.105. The van der Waals surface area contributed by atoms with Crippen LogP contribution in [0.15, 0.2) is 66.7 Å². The van der Waals surface area contributed by atoms with Crippen LogP contribution in [-0.4, -0.2) is 29.4 Å². The molecule has 3 aromatic carbocycles. The highest BCUT2D eigenvalue weighted by Crippen LogP contribution is 2.23. The third-order valence-corrected chi connectivity index (χ3v) is 4.29. The van der Waals surface area contributed by atoms with Crippen LogP contribution < -0.4 is 16.0 Å². The average molecular weight is 391 g/mol. The van der Waals surface area contributed by atoms with E-state index in [1.54, 1.807) is 24.3 Å². The average Bonchev–Trinajstić information content (AvgIpc) is 2.71. The van der Waals surface area contributed by atoms with Gasteiger partial charge in [-0.25, -0.2) is 0 Å². The van der Waals surface area contributed by atoms with Crippen LogP contribution in [0, 0.1) is 0 Å². The maximum atomic E-state index is 12.1. The molecule has 0 saturated carbocycles.